The molecule has 0 amide bonds. The molecule has 25 heavy (non-hydrogen) atoms. The molecule has 0 bridgehead atoms. The van der Waals surface area contributed by atoms with Crippen LogP contribution in [-0.4, -0.2) is 19.9 Å². The van der Waals surface area contributed by atoms with E-state index < -0.39 is 6.08 Å². The summed E-state index contributed by atoms with van der Waals surface area (Å²) in [5, 5.41) is 3.81. The van der Waals surface area contributed by atoms with Gasteiger partial charge >= 0.3 is 6.08 Å². The highest BCUT2D eigenvalue weighted by atomic mass is 19.1. The molecule has 4 heterocycles. The fraction of sp³-hybridized carbons (Fsp3) is 0.0588. The molecule has 0 aliphatic heterocycles. The number of anilines is 3. The van der Waals surface area contributed by atoms with Gasteiger partial charge in [0.2, 0.25) is 5.88 Å². The molecule has 0 unspecified atom stereocenters. The van der Waals surface area contributed by atoms with Crippen molar-refractivity contribution in [2.75, 3.05) is 11.1 Å². The number of aryl methyl sites for hydroxylation is 1. The van der Waals surface area contributed by atoms with Gasteiger partial charge in [0.15, 0.2) is 5.58 Å². The van der Waals surface area contributed by atoms with Crippen LogP contribution in [0.5, 0.6) is 0 Å². The number of furan rings is 1. The van der Waals surface area contributed by atoms with E-state index in [1.54, 1.807) is 18.5 Å². The van der Waals surface area contributed by atoms with Crippen LogP contribution in [0.1, 0.15) is 5.69 Å². The van der Waals surface area contributed by atoms with E-state index in [9.17, 15) is 4.39 Å². The minimum Gasteiger partial charge on any atom is -0.436 e. The van der Waals surface area contributed by atoms with Gasteiger partial charge in [-0.3, -0.25) is 9.97 Å². The number of nitrogens with two attached hydrogens (primary N) is 1. The van der Waals surface area contributed by atoms with Gasteiger partial charge in [-0.25, -0.2) is 9.97 Å². The summed E-state index contributed by atoms with van der Waals surface area (Å²) in [6.45, 7) is 1.90. The van der Waals surface area contributed by atoms with Crippen LogP contribution in [0, 0.1) is 13.0 Å². The number of nitrogens with zero attached hydrogens (tertiary/aromatic N) is 4. The molecule has 8 heteroatoms. The Morgan fingerprint density at radius 2 is 1.84 bits per heavy atom. The Hall–Kier alpha value is -3.55. The normalized spacial score (nSPS) is 11.0. The molecule has 0 fully saturated rings. The second-order valence-electron chi connectivity index (χ2n) is 5.43. The van der Waals surface area contributed by atoms with Gasteiger partial charge < -0.3 is 15.5 Å². The predicted molar refractivity (Wildman–Crippen MR) is 91.7 cm³/mol. The Morgan fingerprint density at radius 1 is 1.08 bits per heavy atom. The summed E-state index contributed by atoms with van der Waals surface area (Å²) in [6.07, 6.45) is 5.25. The molecule has 0 aliphatic rings. The van der Waals surface area contributed by atoms with Crippen molar-refractivity contribution in [3.63, 3.8) is 0 Å². The summed E-state index contributed by atoms with van der Waals surface area (Å²) in [5.41, 5.74) is 10.0. The largest absolute Gasteiger partial charge is 0.436 e. The average Bonchev–Trinajstić information content (AvgIpc) is 2.92. The van der Waals surface area contributed by atoms with Gasteiger partial charge in [0.05, 0.1) is 23.5 Å². The molecule has 3 N–H and O–H groups in total. The van der Waals surface area contributed by atoms with Crippen molar-refractivity contribution in [3.05, 3.63) is 54.8 Å². The van der Waals surface area contributed by atoms with Crippen LogP contribution in [0.25, 0.3) is 22.2 Å². The van der Waals surface area contributed by atoms with Crippen molar-refractivity contribution in [2.24, 2.45) is 0 Å². The summed E-state index contributed by atoms with van der Waals surface area (Å²) in [4.78, 5) is 15.6. The van der Waals surface area contributed by atoms with E-state index in [1.807, 2.05) is 19.1 Å². The number of fused-ring (bicyclic) bond motifs is 1. The van der Waals surface area contributed by atoms with E-state index in [-0.39, 0.29) is 5.88 Å². The molecular weight excluding hydrogens is 323 g/mol. The highest BCUT2D eigenvalue weighted by Gasteiger charge is 2.17. The first-order chi connectivity index (χ1) is 12.1. The van der Waals surface area contributed by atoms with Crippen molar-refractivity contribution in [1.82, 2.24) is 19.9 Å². The smallest absolute Gasteiger partial charge is 0.308 e. The van der Waals surface area contributed by atoms with Gasteiger partial charge in [-0.05, 0) is 25.1 Å². The third-order valence-corrected chi connectivity index (χ3v) is 3.69. The lowest BCUT2D eigenvalue weighted by atomic mass is 10.1. The van der Waals surface area contributed by atoms with Crippen molar-refractivity contribution in [3.8, 4) is 11.3 Å². The van der Waals surface area contributed by atoms with Crippen LogP contribution >= 0.6 is 0 Å². The minimum absolute atomic E-state index is 0.194. The molecule has 124 valence electrons. The second kappa shape index (κ2) is 5.82. The molecule has 0 atom stereocenters. The zero-order chi connectivity index (χ0) is 17.4. The van der Waals surface area contributed by atoms with E-state index in [4.69, 9.17) is 10.2 Å². The predicted octanol–water partition coefficient (Wildman–Crippen LogP) is 3.45. The molecule has 0 aromatic carbocycles. The highest BCUT2D eigenvalue weighted by Crippen LogP contribution is 2.38. The second-order valence-corrected chi connectivity index (χ2v) is 5.43. The molecule has 0 radical (unpaired) electrons. The summed E-state index contributed by atoms with van der Waals surface area (Å²) in [6, 6.07) is 5.56. The van der Waals surface area contributed by atoms with Gasteiger partial charge in [-0.1, -0.05) is 0 Å². The number of nitrogens with one attached hydrogen (secondary N) is 1. The Labute approximate surface area is 141 Å². The minimum atomic E-state index is -0.796. The summed E-state index contributed by atoms with van der Waals surface area (Å²) < 4.78 is 18.6. The summed E-state index contributed by atoms with van der Waals surface area (Å²) >= 11 is 0. The summed E-state index contributed by atoms with van der Waals surface area (Å²) in [5.74, 6) is 0.194. The standard InChI is InChI=1S/C17H13FN6O/c1-9-6-10(2-4-20-9)13-15-12(3-5-21-13)14(16(19)25-15)24-11-7-22-17(18)23-8-11/h2-8,24H,19H2,1H3. The van der Waals surface area contributed by atoms with E-state index >= 15 is 0 Å². The molecule has 0 saturated carbocycles. The van der Waals surface area contributed by atoms with Gasteiger partial charge in [0.25, 0.3) is 0 Å². The SMILES string of the molecule is Cc1cc(-c2nccc3c(Nc4cnc(F)nc4)c(N)oc23)ccn1. The molecule has 4 aromatic heterocycles. The third kappa shape index (κ3) is 2.74. The third-order valence-electron chi connectivity index (χ3n) is 3.69. The molecule has 7 nitrogen and oxygen atoms in total. The van der Waals surface area contributed by atoms with Crippen LogP contribution in [-0.2, 0) is 0 Å². The van der Waals surface area contributed by atoms with Crippen LogP contribution in [0.2, 0.25) is 0 Å². The Morgan fingerprint density at radius 3 is 2.60 bits per heavy atom. The van der Waals surface area contributed by atoms with Crippen LogP contribution in [0.3, 0.4) is 0 Å². The van der Waals surface area contributed by atoms with Crippen molar-refractivity contribution in [2.45, 2.75) is 6.92 Å². The fourth-order valence-electron chi connectivity index (χ4n) is 2.59. The number of rotatable bonds is 3. The molecular formula is C17H13FN6O. The molecule has 4 rings (SSSR count). The average molecular weight is 336 g/mol. The quantitative estimate of drug-likeness (QED) is 0.552. The number of nitrogen functional groups attached to an aromatic ring is 1. The lowest BCUT2D eigenvalue weighted by molar-refractivity contribution is 0.539. The van der Waals surface area contributed by atoms with Gasteiger partial charge in [-0.2, -0.15) is 4.39 Å². The van der Waals surface area contributed by atoms with E-state index in [1.165, 1.54) is 12.4 Å². The van der Waals surface area contributed by atoms with Gasteiger partial charge in [0, 0.05) is 23.7 Å². The zero-order valence-electron chi connectivity index (χ0n) is 13.2. The highest BCUT2D eigenvalue weighted by molar-refractivity contribution is 6.03. The van der Waals surface area contributed by atoms with E-state index in [2.05, 4.69) is 25.3 Å². The monoisotopic (exact) mass is 336 g/mol. The lowest BCUT2D eigenvalue weighted by Crippen LogP contribution is -1.96. The Kier molecular flexibility index (Phi) is 3.50. The number of aromatic nitrogens is 4. The number of halogens is 1. The number of hydrogen-bond acceptors (Lipinski definition) is 7. The summed E-state index contributed by atoms with van der Waals surface area (Å²) in [7, 11) is 0. The van der Waals surface area contributed by atoms with Gasteiger partial charge in [-0.15, -0.1) is 0 Å². The van der Waals surface area contributed by atoms with E-state index in [0.29, 0.717) is 22.7 Å². The molecule has 4 aromatic rings. The molecule has 0 saturated heterocycles. The Bertz CT molecular complexity index is 1060. The maximum absolute atomic E-state index is 12.9. The molecule has 0 spiro atoms. The maximum atomic E-state index is 12.9. The first-order valence-corrected chi connectivity index (χ1v) is 7.46. The van der Waals surface area contributed by atoms with Crippen LogP contribution < -0.4 is 11.1 Å². The van der Waals surface area contributed by atoms with Crippen LogP contribution in [0.4, 0.5) is 21.6 Å². The number of pyridine rings is 2. The van der Waals surface area contributed by atoms with Crippen molar-refractivity contribution < 1.29 is 8.81 Å². The van der Waals surface area contributed by atoms with Crippen LogP contribution in [0.15, 0.2) is 47.4 Å². The first-order valence-electron chi connectivity index (χ1n) is 7.46. The fourth-order valence-corrected chi connectivity index (χ4v) is 2.59. The zero-order valence-corrected chi connectivity index (χ0v) is 13.2. The topological polar surface area (TPSA) is 103 Å². The van der Waals surface area contributed by atoms with Crippen molar-refractivity contribution >= 4 is 28.2 Å². The van der Waals surface area contributed by atoms with Gasteiger partial charge in [0.1, 0.15) is 11.4 Å². The van der Waals surface area contributed by atoms with E-state index in [0.717, 1.165) is 16.6 Å². The van der Waals surface area contributed by atoms with Crippen molar-refractivity contribution in [1.29, 1.82) is 0 Å². The molecule has 0 aliphatic carbocycles. The maximum Gasteiger partial charge on any atom is 0.308 e. The lowest BCUT2D eigenvalue weighted by Gasteiger charge is -2.05. The number of hydrogen-bond donors (Lipinski definition) is 2. The first kappa shape index (κ1) is 15.0. The Balaban J connectivity index is 1.83.